The van der Waals surface area contributed by atoms with Gasteiger partial charge in [-0.3, -0.25) is 14.6 Å². The van der Waals surface area contributed by atoms with E-state index in [-0.39, 0.29) is 0 Å². The Balaban J connectivity index is 1.47. The number of rotatable bonds is 7. The molecule has 1 fully saturated rings. The second-order valence-corrected chi connectivity index (χ2v) is 7.10. The summed E-state index contributed by atoms with van der Waals surface area (Å²) in [6, 6.07) is 4.20. The molecule has 0 bridgehead atoms. The quantitative estimate of drug-likeness (QED) is 0.785. The minimum Gasteiger partial charge on any atom is -0.380 e. The number of ether oxygens (including phenoxy) is 1. The van der Waals surface area contributed by atoms with Crippen molar-refractivity contribution in [3.63, 3.8) is 0 Å². The Kier molecular flexibility index (Phi) is 4.63. The van der Waals surface area contributed by atoms with E-state index in [9.17, 15) is 0 Å². The van der Waals surface area contributed by atoms with Crippen LogP contribution in [-0.2, 0) is 24.4 Å². The molecular formula is C19H26N4O. The molecule has 1 aliphatic heterocycles. The molecule has 1 aliphatic carbocycles. The third-order valence-electron chi connectivity index (χ3n) is 4.98. The maximum Gasteiger partial charge on any atom is 0.0736 e. The second kappa shape index (κ2) is 7.03. The van der Waals surface area contributed by atoms with Gasteiger partial charge in [-0.1, -0.05) is 0 Å². The maximum absolute atomic E-state index is 6.01. The summed E-state index contributed by atoms with van der Waals surface area (Å²) < 4.78 is 8.07. The fourth-order valence-electron chi connectivity index (χ4n) is 3.47. The lowest BCUT2D eigenvalue weighted by Crippen LogP contribution is -2.35. The van der Waals surface area contributed by atoms with Crippen LogP contribution in [0.3, 0.4) is 0 Å². The summed E-state index contributed by atoms with van der Waals surface area (Å²) in [6.07, 6.45) is 8.64. The van der Waals surface area contributed by atoms with Gasteiger partial charge >= 0.3 is 0 Å². The van der Waals surface area contributed by atoms with Gasteiger partial charge in [0, 0.05) is 62.9 Å². The zero-order chi connectivity index (χ0) is 16.4. The molecule has 5 nitrogen and oxygen atoms in total. The predicted molar refractivity (Wildman–Crippen MR) is 92.5 cm³/mol. The van der Waals surface area contributed by atoms with Crippen molar-refractivity contribution in [3.8, 4) is 0 Å². The molecule has 4 rings (SSSR count). The Bertz CT molecular complexity index is 665. The average molecular weight is 326 g/mol. The highest BCUT2D eigenvalue weighted by atomic mass is 16.5. The van der Waals surface area contributed by atoms with Gasteiger partial charge in [-0.15, -0.1) is 0 Å². The van der Waals surface area contributed by atoms with Crippen molar-refractivity contribution in [2.24, 2.45) is 5.92 Å². The van der Waals surface area contributed by atoms with Crippen molar-refractivity contribution in [2.45, 2.75) is 45.3 Å². The van der Waals surface area contributed by atoms with Crippen LogP contribution in [0.15, 0.2) is 30.7 Å². The van der Waals surface area contributed by atoms with Gasteiger partial charge in [0.2, 0.25) is 0 Å². The Morgan fingerprint density at radius 1 is 1.21 bits per heavy atom. The molecule has 0 radical (unpaired) electrons. The first kappa shape index (κ1) is 15.8. The number of aromatic nitrogens is 3. The Labute approximate surface area is 143 Å². The van der Waals surface area contributed by atoms with Gasteiger partial charge in [-0.2, -0.15) is 5.10 Å². The lowest BCUT2D eigenvalue weighted by Gasteiger charge is -2.31. The van der Waals surface area contributed by atoms with Crippen LogP contribution < -0.4 is 0 Å². The molecule has 24 heavy (non-hydrogen) atoms. The van der Waals surface area contributed by atoms with Crippen molar-refractivity contribution in [2.75, 3.05) is 19.8 Å². The van der Waals surface area contributed by atoms with Crippen LogP contribution in [-0.4, -0.2) is 39.4 Å². The fourth-order valence-corrected chi connectivity index (χ4v) is 3.47. The lowest BCUT2D eigenvalue weighted by molar-refractivity contribution is 0.0881. The van der Waals surface area contributed by atoms with Crippen LogP contribution in [0.5, 0.6) is 0 Å². The Morgan fingerprint density at radius 3 is 2.79 bits per heavy atom. The highest BCUT2D eigenvalue weighted by Gasteiger charge is 2.29. The molecule has 2 aromatic rings. The first-order valence-corrected chi connectivity index (χ1v) is 9.07. The van der Waals surface area contributed by atoms with Gasteiger partial charge in [-0.05, 0) is 43.4 Å². The van der Waals surface area contributed by atoms with Gasteiger partial charge in [0.05, 0.1) is 12.3 Å². The summed E-state index contributed by atoms with van der Waals surface area (Å²) in [5.74, 6) is 1.19. The first-order chi connectivity index (χ1) is 11.8. The van der Waals surface area contributed by atoms with Crippen LogP contribution in [0.4, 0.5) is 0 Å². The second-order valence-electron chi connectivity index (χ2n) is 7.10. The molecule has 5 heteroatoms. The monoisotopic (exact) mass is 326 g/mol. The highest BCUT2D eigenvalue weighted by molar-refractivity contribution is 5.25. The molecule has 2 aromatic heterocycles. The molecule has 2 aliphatic rings. The van der Waals surface area contributed by atoms with E-state index < -0.39 is 0 Å². The minimum atomic E-state index is 0.377. The third kappa shape index (κ3) is 3.68. The van der Waals surface area contributed by atoms with Gasteiger partial charge in [0.25, 0.3) is 0 Å². The molecular weight excluding hydrogens is 300 g/mol. The van der Waals surface area contributed by atoms with Gasteiger partial charge in [-0.25, -0.2) is 0 Å². The molecule has 1 saturated carbocycles. The van der Waals surface area contributed by atoms with E-state index in [1.807, 2.05) is 12.4 Å². The van der Waals surface area contributed by atoms with Gasteiger partial charge < -0.3 is 4.74 Å². The molecule has 3 heterocycles. The van der Waals surface area contributed by atoms with Crippen LogP contribution in [0, 0.1) is 5.92 Å². The topological polar surface area (TPSA) is 43.2 Å². The van der Waals surface area contributed by atoms with Crippen molar-refractivity contribution >= 4 is 0 Å². The number of fused-ring (bicyclic) bond motifs is 1. The van der Waals surface area contributed by atoms with E-state index in [0.29, 0.717) is 5.92 Å². The molecule has 0 amide bonds. The number of nitrogens with zero attached hydrogens (tertiary/aromatic N) is 4. The number of aryl methyl sites for hydroxylation is 1. The van der Waals surface area contributed by atoms with Crippen molar-refractivity contribution in [1.82, 2.24) is 19.7 Å². The smallest absolute Gasteiger partial charge is 0.0736 e. The van der Waals surface area contributed by atoms with E-state index in [1.54, 1.807) is 0 Å². The van der Waals surface area contributed by atoms with Crippen molar-refractivity contribution in [3.05, 3.63) is 47.5 Å². The number of hydrogen-bond acceptors (Lipinski definition) is 4. The summed E-state index contributed by atoms with van der Waals surface area (Å²) in [4.78, 5) is 6.62. The summed E-state index contributed by atoms with van der Waals surface area (Å²) >= 11 is 0. The molecule has 0 aromatic carbocycles. The van der Waals surface area contributed by atoms with Crippen LogP contribution in [0.25, 0.3) is 0 Å². The lowest BCUT2D eigenvalue weighted by atomic mass is 9.97. The van der Waals surface area contributed by atoms with Crippen molar-refractivity contribution < 1.29 is 4.74 Å². The van der Waals surface area contributed by atoms with Gasteiger partial charge in [0.15, 0.2) is 0 Å². The molecule has 0 saturated heterocycles. The zero-order valence-electron chi connectivity index (χ0n) is 14.4. The summed E-state index contributed by atoms with van der Waals surface area (Å²) in [6.45, 7) is 7.72. The van der Waals surface area contributed by atoms with E-state index in [1.165, 1.54) is 29.7 Å². The largest absolute Gasteiger partial charge is 0.380 e. The molecule has 0 unspecified atom stereocenters. The Morgan fingerprint density at radius 2 is 2.04 bits per heavy atom. The highest BCUT2D eigenvalue weighted by Crippen LogP contribution is 2.31. The van der Waals surface area contributed by atoms with Crippen LogP contribution in [0.2, 0.25) is 0 Å². The van der Waals surface area contributed by atoms with Gasteiger partial charge in [0.1, 0.15) is 0 Å². The van der Waals surface area contributed by atoms with E-state index in [4.69, 9.17) is 9.84 Å². The van der Waals surface area contributed by atoms with Crippen molar-refractivity contribution in [1.29, 1.82) is 0 Å². The van der Waals surface area contributed by atoms with Crippen LogP contribution in [0.1, 0.15) is 42.5 Å². The summed E-state index contributed by atoms with van der Waals surface area (Å²) in [5, 5.41) is 4.81. The number of hydrogen-bond donors (Lipinski definition) is 0. The molecule has 0 spiro atoms. The standard InChI is InChI=1S/C19H26N4O/c1-2-23-12-17-10-22(9-15-5-7-20-8-6-15)11-18(19(17)21-23)14-24-13-16-3-4-16/h5-8,12,16,18H,2-4,9-11,13-14H2,1H3/t18-/m0/s1. The Hall–Kier alpha value is -1.72. The zero-order valence-corrected chi connectivity index (χ0v) is 14.4. The fraction of sp³-hybridized carbons (Fsp3) is 0.579. The third-order valence-corrected chi connectivity index (χ3v) is 4.98. The summed E-state index contributed by atoms with van der Waals surface area (Å²) in [5.41, 5.74) is 3.92. The molecule has 128 valence electrons. The van der Waals surface area contributed by atoms with Crippen LogP contribution >= 0.6 is 0 Å². The summed E-state index contributed by atoms with van der Waals surface area (Å²) in [7, 11) is 0. The average Bonchev–Trinajstić information content (AvgIpc) is 3.32. The van der Waals surface area contributed by atoms with E-state index in [2.05, 4.69) is 39.8 Å². The predicted octanol–water partition coefficient (Wildman–Crippen LogP) is 2.82. The minimum absolute atomic E-state index is 0.377. The van der Waals surface area contributed by atoms with E-state index in [0.717, 1.165) is 45.3 Å². The maximum atomic E-state index is 6.01. The molecule has 0 N–H and O–H groups in total. The first-order valence-electron chi connectivity index (χ1n) is 9.07. The van der Waals surface area contributed by atoms with E-state index >= 15 is 0 Å². The normalized spacial score (nSPS) is 21.0. The number of pyridine rings is 1. The SMILES string of the molecule is CCn1cc2c(n1)[C@H](COCC1CC1)CN(Cc1ccncc1)C2. The molecule has 1 atom stereocenters.